The van der Waals surface area contributed by atoms with Gasteiger partial charge in [-0.05, 0) is 65.2 Å². The van der Waals surface area contributed by atoms with Gasteiger partial charge in [-0.3, -0.25) is 4.79 Å². The molecule has 0 unspecified atom stereocenters. The van der Waals surface area contributed by atoms with Gasteiger partial charge < -0.3 is 4.90 Å². The summed E-state index contributed by atoms with van der Waals surface area (Å²) < 4.78 is 28.4. The number of nitrogens with zero attached hydrogens (tertiary/aromatic N) is 2. The highest BCUT2D eigenvalue weighted by atomic mass is 79.9. The largest absolute Gasteiger partial charge is 0.339 e. The third-order valence-electron chi connectivity index (χ3n) is 4.47. The zero-order valence-corrected chi connectivity index (χ0v) is 18.8. The van der Waals surface area contributed by atoms with Crippen molar-refractivity contribution in [1.82, 2.24) is 14.6 Å². The van der Waals surface area contributed by atoms with Crippen LogP contribution in [0.3, 0.4) is 0 Å². The van der Waals surface area contributed by atoms with E-state index in [9.17, 15) is 13.2 Å². The van der Waals surface area contributed by atoms with Gasteiger partial charge in [0, 0.05) is 25.8 Å². The van der Waals surface area contributed by atoms with Crippen LogP contribution in [0.5, 0.6) is 0 Å². The molecule has 1 amide bonds. The van der Waals surface area contributed by atoms with Gasteiger partial charge in [0.05, 0.1) is 9.35 Å². The Balaban J connectivity index is 1.54. The Hall–Kier alpha value is -0.940. The summed E-state index contributed by atoms with van der Waals surface area (Å²) in [5.74, 6) is 0.219. The number of sulfonamides is 1. The first-order chi connectivity index (χ1) is 12.9. The fourth-order valence-corrected chi connectivity index (χ4v) is 6.68. The second-order valence-corrected chi connectivity index (χ2v) is 11.5. The number of halogens is 1. The van der Waals surface area contributed by atoms with Crippen molar-refractivity contribution in [3.05, 3.63) is 39.8 Å². The quantitative estimate of drug-likeness (QED) is 0.628. The number of pyridine rings is 1. The number of likely N-dealkylation sites (tertiary alicyclic amines) is 1. The molecular weight excluding hydrogens is 470 g/mol. The Morgan fingerprint density at radius 1 is 1.37 bits per heavy atom. The highest BCUT2D eigenvalue weighted by Gasteiger charge is 2.26. The molecule has 2 aromatic rings. The number of carbonyl (C=O) groups is 1. The minimum atomic E-state index is -3.47. The first kappa shape index (κ1) is 20.8. The van der Waals surface area contributed by atoms with Gasteiger partial charge in [0.25, 0.3) is 5.91 Å². The van der Waals surface area contributed by atoms with E-state index in [-0.39, 0.29) is 11.8 Å². The molecule has 1 saturated heterocycles. The van der Waals surface area contributed by atoms with Gasteiger partial charge in [-0.1, -0.05) is 0 Å². The molecule has 1 aliphatic heterocycles. The van der Waals surface area contributed by atoms with Gasteiger partial charge >= 0.3 is 0 Å². The summed E-state index contributed by atoms with van der Waals surface area (Å²) in [4.78, 5) is 18.8. The van der Waals surface area contributed by atoms with Crippen molar-refractivity contribution in [2.24, 2.45) is 5.92 Å². The van der Waals surface area contributed by atoms with Gasteiger partial charge in [0.2, 0.25) is 10.0 Å². The van der Waals surface area contributed by atoms with Crippen LogP contribution < -0.4 is 4.72 Å². The van der Waals surface area contributed by atoms with Crippen molar-refractivity contribution >= 4 is 55.0 Å². The summed E-state index contributed by atoms with van der Waals surface area (Å²) in [7, 11) is -3.47. The number of aromatic nitrogens is 1. The maximum atomic E-state index is 12.7. The monoisotopic (exact) mass is 489 g/mol. The maximum absolute atomic E-state index is 12.7. The number of nitrogens with one attached hydrogen (secondary N) is 1. The molecule has 1 fully saturated rings. The van der Waals surface area contributed by atoms with Crippen molar-refractivity contribution in [1.29, 1.82) is 0 Å². The van der Waals surface area contributed by atoms with Crippen LogP contribution in [0.1, 0.15) is 23.2 Å². The number of carbonyl (C=O) groups excluding carboxylic acids is 1. The molecule has 2 aromatic heterocycles. The normalized spacial score (nSPS) is 15.9. The minimum absolute atomic E-state index is 0.00471. The van der Waals surface area contributed by atoms with Crippen LogP contribution in [0, 0.1) is 5.92 Å². The number of hydrogen-bond acceptors (Lipinski definition) is 6. The van der Waals surface area contributed by atoms with Gasteiger partial charge in [0.15, 0.2) is 0 Å². The lowest BCUT2D eigenvalue weighted by Crippen LogP contribution is -2.41. The molecule has 1 aliphatic rings. The lowest BCUT2D eigenvalue weighted by molar-refractivity contribution is 0.0687. The molecule has 3 rings (SSSR count). The van der Waals surface area contributed by atoms with E-state index in [0.29, 0.717) is 29.4 Å². The lowest BCUT2D eigenvalue weighted by atomic mass is 9.97. The van der Waals surface area contributed by atoms with E-state index >= 15 is 0 Å². The van der Waals surface area contributed by atoms with Crippen LogP contribution in [0.15, 0.2) is 43.5 Å². The molecule has 0 aliphatic carbocycles. The van der Waals surface area contributed by atoms with Crippen LogP contribution in [0.25, 0.3) is 0 Å². The number of hydrogen-bond donors (Lipinski definition) is 1. The SMILES string of the molecule is CSc1ncccc1C(=O)N1CCC(CNS(=O)(=O)c2ccc(Br)s2)CC1. The van der Waals surface area contributed by atoms with Crippen LogP contribution >= 0.6 is 39.0 Å². The summed E-state index contributed by atoms with van der Waals surface area (Å²) in [6.07, 6.45) is 5.14. The van der Waals surface area contributed by atoms with Crippen LogP contribution in [0.4, 0.5) is 0 Å². The van der Waals surface area contributed by atoms with E-state index in [4.69, 9.17) is 0 Å². The van der Waals surface area contributed by atoms with Crippen molar-refractivity contribution < 1.29 is 13.2 Å². The Morgan fingerprint density at radius 2 is 2.11 bits per heavy atom. The third-order valence-corrected chi connectivity index (χ3v) is 8.72. The molecule has 0 radical (unpaired) electrons. The summed E-state index contributed by atoms with van der Waals surface area (Å²) in [5, 5.41) is 0.736. The van der Waals surface area contributed by atoms with E-state index in [2.05, 4.69) is 25.6 Å². The number of rotatable bonds is 6. The zero-order valence-electron chi connectivity index (χ0n) is 14.7. The van der Waals surface area contributed by atoms with Crippen LogP contribution in [-0.2, 0) is 10.0 Å². The highest BCUT2D eigenvalue weighted by Crippen LogP contribution is 2.27. The molecule has 0 aromatic carbocycles. The summed E-state index contributed by atoms with van der Waals surface area (Å²) in [6, 6.07) is 6.90. The standard InChI is InChI=1S/C17H20BrN3O3S3/c1-25-16-13(3-2-8-19-16)17(22)21-9-6-12(7-10-21)11-20-27(23,24)15-5-4-14(18)26-15/h2-5,8,12,20H,6-7,9-11H2,1H3. The average Bonchev–Trinajstić information content (AvgIpc) is 3.13. The fraction of sp³-hybridized carbons (Fsp3) is 0.412. The molecule has 0 atom stereocenters. The fourth-order valence-electron chi connectivity index (χ4n) is 2.97. The van der Waals surface area contributed by atoms with E-state index in [0.717, 1.165) is 21.7 Å². The second kappa shape index (κ2) is 9.04. The number of piperidine rings is 1. The zero-order chi connectivity index (χ0) is 19.4. The molecule has 0 bridgehead atoms. The molecular formula is C17H20BrN3O3S3. The first-order valence-corrected chi connectivity index (χ1v) is 12.8. The van der Waals surface area contributed by atoms with E-state index in [1.807, 2.05) is 11.2 Å². The Kier molecular flexibility index (Phi) is 6.96. The van der Waals surface area contributed by atoms with Crippen LogP contribution in [0.2, 0.25) is 0 Å². The molecule has 3 heterocycles. The van der Waals surface area contributed by atoms with Crippen molar-refractivity contribution in [3.8, 4) is 0 Å². The van der Waals surface area contributed by atoms with E-state index in [1.165, 1.54) is 23.1 Å². The third kappa shape index (κ3) is 5.11. The predicted molar refractivity (Wildman–Crippen MR) is 112 cm³/mol. The molecule has 27 heavy (non-hydrogen) atoms. The summed E-state index contributed by atoms with van der Waals surface area (Å²) in [5.41, 5.74) is 0.632. The average molecular weight is 490 g/mol. The molecule has 0 spiro atoms. The number of amides is 1. The van der Waals surface area contributed by atoms with Gasteiger partial charge in [-0.2, -0.15) is 0 Å². The van der Waals surface area contributed by atoms with E-state index < -0.39 is 10.0 Å². The smallest absolute Gasteiger partial charge is 0.256 e. The summed E-state index contributed by atoms with van der Waals surface area (Å²) in [6.45, 7) is 1.64. The molecule has 6 nitrogen and oxygen atoms in total. The predicted octanol–water partition coefficient (Wildman–Crippen LogP) is 3.46. The van der Waals surface area contributed by atoms with Crippen molar-refractivity contribution in [2.45, 2.75) is 22.1 Å². The van der Waals surface area contributed by atoms with Crippen molar-refractivity contribution in [3.63, 3.8) is 0 Å². The topological polar surface area (TPSA) is 79.4 Å². The van der Waals surface area contributed by atoms with E-state index in [1.54, 1.807) is 30.5 Å². The first-order valence-electron chi connectivity index (χ1n) is 8.44. The molecule has 0 saturated carbocycles. The van der Waals surface area contributed by atoms with Crippen LogP contribution in [-0.4, -0.2) is 50.1 Å². The maximum Gasteiger partial charge on any atom is 0.256 e. The lowest BCUT2D eigenvalue weighted by Gasteiger charge is -2.32. The molecule has 146 valence electrons. The van der Waals surface area contributed by atoms with Gasteiger partial charge in [-0.25, -0.2) is 18.1 Å². The molecule has 10 heteroatoms. The van der Waals surface area contributed by atoms with Gasteiger partial charge in [-0.15, -0.1) is 23.1 Å². The Bertz CT molecular complexity index is 909. The van der Waals surface area contributed by atoms with Crippen molar-refractivity contribution in [2.75, 3.05) is 25.9 Å². The second-order valence-electron chi connectivity index (χ2n) is 6.21. The molecule has 1 N–H and O–H groups in total. The Morgan fingerprint density at radius 3 is 2.74 bits per heavy atom. The minimum Gasteiger partial charge on any atom is -0.339 e. The number of thioether (sulfide) groups is 1. The Labute approximate surface area is 175 Å². The highest BCUT2D eigenvalue weighted by molar-refractivity contribution is 9.11. The number of thiophene rings is 1. The summed E-state index contributed by atoms with van der Waals surface area (Å²) >= 11 is 5.94. The van der Waals surface area contributed by atoms with Gasteiger partial charge in [0.1, 0.15) is 9.24 Å².